The minimum absolute atomic E-state index is 0.375. The molecule has 0 aromatic carbocycles. The minimum atomic E-state index is 0.375. The van der Waals surface area contributed by atoms with E-state index in [1.165, 1.54) is 23.5 Å². The van der Waals surface area contributed by atoms with Gasteiger partial charge in [0.1, 0.15) is 5.01 Å². The molecule has 2 aromatic rings. The summed E-state index contributed by atoms with van der Waals surface area (Å²) in [4.78, 5) is 4.68. The van der Waals surface area contributed by atoms with E-state index in [-0.39, 0.29) is 0 Å². The summed E-state index contributed by atoms with van der Waals surface area (Å²) in [6, 6.07) is 0.375. The van der Waals surface area contributed by atoms with Crippen LogP contribution in [0.1, 0.15) is 36.4 Å². The van der Waals surface area contributed by atoms with E-state index in [4.69, 9.17) is 0 Å². The molecule has 19 heavy (non-hydrogen) atoms. The van der Waals surface area contributed by atoms with Gasteiger partial charge in [0.25, 0.3) is 0 Å². The number of nitrogens with zero attached hydrogens (tertiary/aromatic N) is 3. The van der Waals surface area contributed by atoms with Crippen LogP contribution in [0, 0.1) is 0 Å². The van der Waals surface area contributed by atoms with Crippen molar-refractivity contribution in [2.45, 2.75) is 44.8 Å². The molecule has 6 heteroatoms. The fraction of sp³-hybridized carbons (Fsp3) is 0.538. The summed E-state index contributed by atoms with van der Waals surface area (Å²) >= 11 is 5.17. The Bertz CT molecular complexity index is 546. The van der Waals surface area contributed by atoms with Crippen LogP contribution in [0.5, 0.6) is 0 Å². The lowest BCUT2D eigenvalue weighted by molar-refractivity contribution is 0.450. The van der Waals surface area contributed by atoms with Gasteiger partial charge in [-0.2, -0.15) is 5.10 Å². The van der Waals surface area contributed by atoms with Crippen LogP contribution in [-0.4, -0.2) is 20.8 Å². The van der Waals surface area contributed by atoms with Crippen LogP contribution >= 0.6 is 27.3 Å². The Labute approximate surface area is 125 Å². The molecule has 0 radical (unpaired) electrons. The van der Waals surface area contributed by atoms with Crippen LogP contribution in [-0.2, 0) is 13.1 Å². The monoisotopic (exact) mass is 340 g/mol. The number of rotatable bonds is 6. The maximum Gasteiger partial charge on any atom is 0.107 e. The highest BCUT2D eigenvalue weighted by Crippen LogP contribution is 2.40. The maximum atomic E-state index is 4.68. The molecular formula is C13H17BrN4S. The Kier molecular flexibility index (Phi) is 4.00. The second-order valence-corrected chi connectivity index (χ2v) is 6.96. The first-order valence-electron chi connectivity index (χ1n) is 6.56. The minimum Gasteiger partial charge on any atom is -0.306 e. The molecule has 1 saturated carbocycles. The van der Waals surface area contributed by atoms with Crippen molar-refractivity contribution in [2.24, 2.45) is 0 Å². The molecule has 0 spiro atoms. The van der Waals surface area contributed by atoms with Crippen LogP contribution in [0.2, 0.25) is 0 Å². The SMILES string of the molecule is CC(Cn1cc(Br)cn1)NCc1nc(C2CC2)cs1. The van der Waals surface area contributed by atoms with Gasteiger partial charge in [0.15, 0.2) is 0 Å². The zero-order chi connectivity index (χ0) is 13.2. The third kappa shape index (κ3) is 3.64. The quantitative estimate of drug-likeness (QED) is 0.878. The molecule has 0 amide bonds. The predicted molar refractivity (Wildman–Crippen MR) is 80.3 cm³/mol. The molecule has 0 saturated heterocycles. The molecule has 1 N–H and O–H groups in total. The molecule has 1 aliphatic rings. The Balaban J connectivity index is 1.47. The predicted octanol–water partition coefficient (Wildman–Crippen LogP) is 3.16. The second-order valence-electron chi connectivity index (χ2n) is 5.10. The zero-order valence-corrected chi connectivity index (χ0v) is 13.2. The largest absolute Gasteiger partial charge is 0.306 e. The van der Waals surface area contributed by atoms with Gasteiger partial charge < -0.3 is 5.32 Å². The molecule has 102 valence electrons. The van der Waals surface area contributed by atoms with Crippen molar-refractivity contribution in [2.75, 3.05) is 0 Å². The zero-order valence-electron chi connectivity index (χ0n) is 10.8. The Hall–Kier alpha value is -0.720. The average molecular weight is 341 g/mol. The van der Waals surface area contributed by atoms with E-state index >= 15 is 0 Å². The Morgan fingerprint density at radius 2 is 2.42 bits per heavy atom. The van der Waals surface area contributed by atoms with Gasteiger partial charge in [0.2, 0.25) is 0 Å². The normalized spacial score (nSPS) is 16.7. The van der Waals surface area contributed by atoms with Gasteiger partial charge in [-0.1, -0.05) is 0 Å². The van der Waals surface area contributed by atoms with Gasteiger partial charge in [-0.25, -0.2) is 4.98 Å². The number of hydrogen-bond donors (Lipinski definition) is 1. The van der Waals surface area contributed by atoms with Crippen LogP contribution in [0.4, 0.5) is 0 Å². The Morgan fingerprint density at radius 1 is 1.58 bits per heavy atom. The lowest BCUT2D eigenvalue weighted by Crippen LogP contribution is -2.30. The molecular weight excluding hydrogens is 324 g/mol. The molecule has 0 aliphatic heterocycles. The number of halogens is 1. The van der Waals surface area contributed by atoms with Crippen molar-refractivity contribution >= 4 is 27.3 Å². The first-order chi connectivity index (χ1) is 9.20. The third-order valence-electron chi connectivity index (χ3n) is 3.23. The van der Waals surface area contributed by atoms with Gasteiger partial charge in [0, 0.05) is 30.1 Å². The standard InChI is InChI=1S/C13H17BrN4S/c1-9(6-18-7-11(14)4-16-18)15-5-13-17-12(8-19-13)10-2-3-10/h4,7-10,15H,2-3,5-6H2,1H3. The van der Waals surface area contributed by atoms with Gasteiger partial charge >= 0.3 is 0 Å². The molecule has 2 heterocycles. The summed E-state index contributed by atoms with van der Waals surface area (Å²) in [5.74, 6) is 0.754. The topological polar surface area (TPSA) is 42.7 Å². The highest BCUT2D eigenvalue weighted by molar-refractivity contribution is 9.10. The van der Waals surface area contributed by atoms with E-state index in [2.05, 4.69) is 43.6 Å². The first kappa shape index (κ1) is 13.3. The van der Waals surface area contributed by atoms with Crippen LogP contribution in [0.15, 0.2) is 22.2 Å². The van der Waals surface area contributed by atoms with Gasteiger partial charge in [-0.15, -0.1) is 11.3 Å². The summed E-state index contributed by atoms with van der Waals surface area (Å²) in [7, 11) is 0. The second kappa shape index (κ2) is 5.73. The first-order valence-corrected chi connectivity index (χ1v) is 8.23. The maximum absolute atomic E-state index is 4.68. The van der Waals surface area contributed by atoms with Crippen molar-refractivity contribution < 1.29 is 0 Å². The van der Waals surface area contributed by atoms with E-state index in [9.17, 15) is 0 Å². The summed E-state index contributed by atoms with van der Waals surface area (Å²) in [6.45, 7) is 3.89. The summed E-state index contributed by atoms with van der Waals surface area (Å²) in [5, 5.41) is 11.2. The third-order valence-corrected chi connectivity index (χ3v) is 4.51. The van der Waals surface area contributed by atoms with Crippen LogP contribution in [0.3, 0.4) is 0 Å². The van der Waals surface area contributed by atoms with E-state index < -0.39 is 0 Å². The smallest absolute Gasteiger partial charge is 0.107 e. The van der Waals surface area contributed by atoms with E-state index in [0.717, 1.165) is 23.5 Å². The van der Waals surface area contributed by atoms with Crippen molar-refractivity contribution in [3.8, 4) is 0 Å². The van der Waals surface area contributed by atoms with Crippen LogP contribution < -0.4 is 5.32 Å². The fourth-order valence-electron chi connectivity index (χ4n) is 2.02. The number of aromatic nitrogens is 3. The lowest BCUT2D eigenvalue weighted by atomic mass is 10.3. The highest BCUT2D eigenvalue weighted by Gasteiger charge is 2.25. The highest BCUT2D eigenvalue weighted by atomic mass is 79.9. The summed E-state index contributed by atoms with van der Waals surface area (Å²) in [6.07, 6.45) is 6.45. The molecule has 0 bridgehead atoms. The molecule has 1 unspecified atom stereocenters. The van der Waals surface area contributed by atoms with Crippen molar-refractivity contribution in [3.63, 3.8) is 0 Å². The number of nitrogens with one attached hydrogen (secondary N) is 1. The molecule has 2 aromatic heterocycles. The van der Waals surface area contributed by atoms with Gasteiger partial charge in [-0.3, -0.25) is 4.68 Å². The average Bonchev–Trinajstić information content (AvgIpc) is 2.99. The summed E-state index contributed by atoms with van der Waals surface area (Å²) in [5.41, 5.74) is 1.30. The molecule has 1 atom stereocenters. The molecule has 1 fully saturated rings. The molecule has 3 rings (SSSR count). The van der Waals surface area contributed by atoms with Gasteiger partial charge in [0.05, 0.1) is 22.9 Å². The van der Waals surface area contributed by atoms with Crippen molar-refractivity contribution in [1.82, 2.24) is 20.1 Å². The van der Waals surface area contributed by atoms with Crippen molar-refractivity contribution in [1.29, 1.82) is 0 Å². The van der Waals surface area contributed by atoms with E-state index in [1.54, 1.807) is 11.3 Å². The van der Waals surface area contributed by atoms with E-state index in [0.29, 0.717) is 6.04 Å². The number of thiazole rings is 1. The molecule has 1 aliphatic carbocycles. The van der Waals surface area contributed by atoms with Gasteiger partial charge in [-0.05, 0) is 35.7 Å². The van der Waals surface area contributed by atoms with Crippen LogP contribution in [0.25, 0.3) is 0 Å². The molecule has 4 nitrogen and oxygen atoms in total. The number of hydrogen-bond acceptors (Lipinski definition) is 4. The lowest BCUT2D eigenvalue weighted by Gasteiger charge is -2.12. The van der Waals surface area contributed by atoms with Crippen molar-refractivity contribution in [3.05, 3.63) is 32.9 Å². The fourth-order valence-corrected chi connectivity index (χ4v) is 3.17. The van der Waals surface area contributed by atoms with E-state index in [1.807, 2.05) is 17.1 Å². The summed E-state index contributed by atoms with van der Waals surface area (Å²) < 4.78 is 2.97. The Morgan fingerprint density at radius 3 is 3.11 bits per heavy atom.